The summed E-state index contributed by atoms with van der Waals surface area (Å²) in [4.78, 5) is 16.6. The van der Waals surface area contributed by atoms with Crippen LogP contribution in [0.3, 0.4) is 0 Å². The lowest BCUT2D eigenvalue weighted by Gasteiger charge is -2.13. The number of H-pyrrole nitrogens is 1. The van der Waals surface area contributed by atoms with Crippen LogP contribution in [0.15, 0.2) is 79.1 Å². The number of carbonyl (C=O) groups excluding carboxylic acids is 1. The summed E-state index contributed by atoms with van der Waals surface area (Å²) in [6, 6.07) is 21.3. The molecule has 2 aromatic heterocycles. The van der Waals surface area contributed by atoms with Crippen LogP contribution in [0.1, 0.15) is 33.2 Å². The molecule has 0 saturated carbocycles. The van der Waals surface area contributed by atoms with E-state index in [-0.39, 0.29) is 11.9 Å². The van der Waals surface area contributed by atoms with Crippen LogP contribution in [-0.4, -0.2) is 21.1 Å². The summed E-state index contributed by atoms with van der Waals surface area (Å²) in [5.74, 6) is 0.586. The molecular weight excluding hydrogens is 364 g/mol. The lowest BCUT2D eigenvalue weighted by atomic mass is 9.98. The van der Waals surface area contributed by atoms with Crippen molar-refractivity contribution in [2.45, 2.75) is 12.6 Å². The van der Waals surface area contributed by atoms with Crippen molar-refractivity contribution in [3.05, 3.63) is 102 Å². The highest BCUT2D eigenvalue weighted by Crippen LogP contribution is 2.37. The quantitative estimate of drug-likeness (QED) is 0.549. The molecule has 2 N–H and O–H groups in total. The molecular formula is C23H18N4O2. The molecule has 0 bridgehead atoms. The van der Waals surface area contributed by atoms with Gasteiger partial charge in [-0.15, -0.1) is 0 Å². The van der Waals surface area contributed by atoms with Gasteiger partial charge < -0.3 is 10.1 Å². The van der Waals surface area contributed by atoms with Crippen molar-refractivity contribution in [1.82, 2.24) is 20.5 Å². The predicted octanol–water partition coefficient (Wildman–Crippen LogP) is 3.88. The van der Waals surface area contributed by atoms with Gasteiger partial charge in [0.15, 0.2) is 0 Å². The fourth-order valence-electron chi connectivity index (χ4n) is 3.57. The molecule has 29 heavy (non-hydrogen) atoms. The van der Waals surface area contributed by atoms with Crippen molar-refractivity contribution < 1.29 is 9.53 Å². The van der Waals surface area contributed by atoms with Crippen LogP contribution in [-0.2, 0) is 6.61 Å². The van der Waals surface area contributed by atoms with Crippen LogP contribution >= 0.6 is 0 Å². The minimum Gasteiger partial charge on any atom is -0.489 e. The first-order chi connectivity index (χ1) is 14.3. The maximum Gasteiger partial charge on any atom is 0.270 e. The zero-order valence-corrected chi connectivity index (χ0v) is 15.5. The Morgan fingerprint density at radius 2 is 1.90 bits per heavy atom. The van der Waals surface area contributed by atoms with E-state index >= 15 is 0 Å². The number of aromatic nitrogens is 3. The molecule has 3 heterocycles. The van der Waals surface area contributed by atoms with Gasteiger partial charge in [0.25, 0.3) is 5.91 Å². The monoisotopic (exact) mass is 382 g/mol. The number of fused-ring (bicyclic) bond motifs is 1. The van der Waals surface area contributed by atoms with Gasteiger partial charge in [0.1, 0.15) is 18.1 Å². The Hall–Kier alpha value is -3.93. The lowest BCUT2D eigenvalue weighted by Crippen LogP contribution is -2.21. The number of hydrogen-bond acceptors (Lipinski definition) is 4. The molecule has 6 nitrogen and oxygen atoms in total. The van der Waals surface area contributed by atoms with Gasteiger partial charge in [-0.3, -0.25) is 14.9 Å². The average Bonchev–Trinajstić information content (AvgIpc) is 3.35. The van der Waals surface area contributed by atoms with E-state index in [4.69, 9.17) is 4.74 Å². The Morgan fingerprint density at radius 3 is 2.72 bits per heavy atom. The van der Waals surface area contributed by atoms with Gasteiger partial charge in [-0.1, -0.05) is 48.5 Å². The van der Waals surface area contributed by atoms with E-state index in [0.717, 1.165) is 33.7 Å². The van der Waals surface area contributed by atoms with Gasteiger partial charge in [-0.2, -0.15) is 5.10 Å². The molecule has 0 saturated heterocycles. The SMILES string of the molecule is O=C1N[C@H](c2cccnc2)c2c(-c3cccc(OCc4ccccc4)c3)n[nH]c21. The number of hydrogen-bond donors (Lipinski definition) is 2. The number of nitrogens with zero attached hydrogens (tertiary/aromatic N) is 2. The zero-order valence-electron chi connectivity index (χ0n) is 15.5. The number of ether oxygens (including phenoxy) is 1. The number of nitrogens with one attached hydrogen (secondary N) is 2. The number of rotatable bonds is 5. The van der Waals surface area contributed by atoms with Gasteiger partial charge in [0.2, 0.25) is 0 Å². The van der Waals surface area contributed by atoms with Crippen LogP contribution in [0.4, 0.5) is 0 Å². The topological polar surface area (TPSA) is 79.9 Å². The average molecular weight is 382 g/mol. The summed E-state index contributed by atoms with van der Waals surface area (Å²) < 4.78 is 5.95. The standard InChI is InChI=1S/C23H18N4O2/c28-23-22-19(20(25-23)17-9-5-11-24-13-17)21(26-27-22)16-8-4-10-18(12-16)29-14-15-6-2-1-3-7-15/h1-13,20H,14H2,(H,25,28)(H,26,27)/t20-/m1/s1. The van der Waals surface area contributed by atoms with Gasteiger partial charge in [-0.05, 0) is 29.3 Å². The molecule has 0 radical (unpaired) electrons. The summed E-state index contributed by atoms with van der Waals surface area (Å²) in [5.41, 5.74) is 4.97. The van der Waals surface area contributed by atoms with Gasteiger partial charge >= 0.3 is 0 Å². The van der Waals surface area contributed by atoms with Gasteiger partial charge in [0, 0.05) is 23.5 Å². The number of benzene rings is 2. The van der Waals surface area contributed by atoms with Crippen LogP contribution < -0.4 is 10.1 Å². The van der Waals surface area contributed by atoms with E-state index < -0.39 is 0 Å². The van der Waals surface area contributed by atoms with Gasteiger partial charge in [-0.25, -0.2) is 0 Å². The summed E-state index contributed by atoms with van der Waals surface area (Å²) in [6.45, 7) is 0.487. The third-order valence-electron chi connectivity index (χ3n) is 4.97. The second-order valence-electron chi connectivity index (χ2n) is 6.86. The Balaban J connectivity index is 1.47. The third-order valence-corrected chi connectivity index (χ3v) is 4.97. The molecule has 0 unspecified atom stereocenters. The van der Waals surface area contributed by atoms with E-state index in [1.54, 1.807) is 12.4 Å². The van der Waals surface area contributed by atoms with Crippen molar-refractivity contribution in [2.75, 3.05) is 0 Å². The van der Waals surface area contributed by atoms with Crippen molar-refractivity contribution in [3.8, 4) is 17.0 Å². The number of amides is 1. The molecule has 1 atom stereocenters. The molecule has 0 spiro atoms. The summed E-state index contributed by atoms with van der Waals surface area (Å²) >= 11 is 0. The summed E-state index contributed by atoms with van der Waals surface area (Å²) in [6.07, 6.45) is 3.47. The number of pyridine rings is 1. The molecule has 5 rings (SSSR count). The molecule has 1 amide bonds. The Bertz CT molecular complexity index is 1160. The van der Waals surface area contributed by atoms with Crippen molar-refractivity contribution >= 4 is 5.91 Å². The maximum absolute atomic E-state index is 12.4. The number of carbonyl (C=O) groups is 1. The Kier molecular flexibility index (Phi) is 4.29. The molecule has 142 valence electrons. The Labute approximate surface area is 167 Å². The summed E-state index contributed by atoms with van der Waals surface area (Å²) in [7, 11) is 0. The molecule has 6 heteroatoms. The molecule has 0 fully saturated rings. The second kappa shape index (κ2) is 7.24. The highest BCUT2D eigenvalue weighted by molar-refractivity contribution is 6.00. The molecule has 4 aromatic rings. The van der Waals surface area contributed by atoms with E-state index in [1.165, 1.54) is 0 Å². The van der Waals surface area contributed by atoms with E-state index in [0.29, 0.717) is 12.3 Å². The molecule has 1 aliphatic rings. The van der Waals surface area contributed by atoms with Crippen molar-refractivity contribution in [3.63, 3.8) is 0 Å². The first-order valence-electron chi connectivity index (χ1n) is 9.36. The fourth-order valence-corrected chi connectivity index (χ4v) is 3.57. The largest absolute Gasteiger partial charge is 0.489 e. The van der Waals surface area contributed by atoms with E-state index in [1.807, 2.05) is 66.7 Å². The van der Waals surface area contributed by atoms with Gasteiger partial charge in [0.05, 0.1) is 11.7 Å². The molecule has 1 aliphatic heterocycles. The predicted molar refractivity (Wildman–Crippen MR) is 108 cm³/mol. The number of aromatic amines is 1. The first-order valence-corrected chi connectivity index (χ1v) is 9.36. The van der Waals surface area contributed by atoms with Crippen LogP contribution in [0, 0.1) is 0 Å². The minimum atomic E-state index is -0.283. The Morgan fingerprint density at radius 1 is 1.00 bits per heavy atom. The molecule has 0 aliphatic carbocycles. The summed E-state index contributed by atoms with van der Waals surface area (Å²) in [5, 5.41) is 10.3. The lowest BCUT2D eigenvalue weighted by molar-refractivity contribution is 0.0955. The second-order valence-corrected chi connectivity index (χ2v) is 6.86. The maximum atomic E-state index is 12.4. The highest BCUT2D eigenvalue weighted by atomic mass is 16.5. The smallest absolute Gasteiger partial charge is 0.270 e. The van der Waals surface area contributed by atoms with Crippen LogP contribution in [0.25, 0.3) is 11.3 Å². The zero-order chi connectivity index (χ0) is 19.6. The minimum absolute atomic E-state index is 0.163. The molecule has 2 aromatic carbocycles. The van der Waals surface area contributed by atoms with Crippen LogP contribution in [0.2, 0.25) is 0 Å². The van der Waals surface area contributed by atoms with Crippen LogP contribution in [0.5, 0.6) is 5.75 Å². The van der Waals surface area contributed by atoms with E-state index in [2.05, 4.69) is 20.5 Å². The van der Waals surface area contributed by atoms with Crippen molar-refractivity contribution in [1.29, 1.82) is 0 Å². The highest BCUT2D eigenvalue weighted by Gasteiger charge is 2.35. The van der Waals surface area contributed by atoms with Crippen molar-refractivity contribution in [2.24, 2.45) is 0 Å². The first kappa shape index (κ1) is 17.2. The third kappa shape index (κ3) is 3.25. The fraction of sp³-hybridized carbons (Fsp3) is 0.0870. The normalized spacial score (nSPS) is 15.0. The van der Waals surface area contributed by atoms with E-state index in [9.17, 15) is 4.79 Å².